The summed E-state index contributed by atoms with van der Waals surface area (Å²) in [6.07, 6.45) is 5.54. The molecule has 414 valence electrons. The van der Waals surface area contributed by atoms with Gasteiger partial charge in [-0.25, -0.2) is 14.5 Å². The van der Waals surface area contributed by atoms with Crippen LogP contribution in [0.2, 0.25) is 0 Å². The number of nitrogen functional groups attached to an aromatic ring is 2. The Labute approximate surface area is 450 Å². The Kier molecular flexibility index (Phi) is 15.9. The molecule has 2 aliphatic heterocycles. The lowest BCUT2D eigenvalue weighted by atomic mass is 9.47. The first-order chi connectivity index (χ1) is 35.5. The molecule has 5 fully saturated rings. The summed E-state index contributed by atoms with van der Waals surface area (Å²) in [6, 6.07) is 0. The van der Waals surface area contributed by atoms with Crippen LogP contribution in [-0.4, -0.2) is 122 Å². The maximum absolute atomic E-state index is 14.0. The number of hydrogen-bond donors (Lipinski definition) is 8. The fraction of sp³-hybridized carbons (Fsp3) is 0.750. The number of H-pyrrole nitrogens is 2. The van der Waals surface area contributed by atoms with Crippen LogP contribution in [0.25, 0.3) is 22.3 Å². The second-order valence-corrected chi connectivity index (χ2v) is 28.0. The quantitative estimate of drug-likeness (QED) is 0.0267. The lowest BCUT2D eigenvalue weighted by molar-refractivity contribution is -0.0619. The molecule has 0 bridgehead atoms. The first-order valence-corrected chi connectivity index (χ1v) is 31.0. The summed E-state index contributed by atoms with van der Waals surface area (Å²) < 4.78 is 59.3. The third-order valence-corrected chi connectivity index (χ3v) is 22.0. The number of nitrogens with zero attached hydrogens (tertiary/aromatic N) is 6. The zero-order valence-electron chi connectivity index (χ0n) is 43.1. The van der Waals surface area contributed by atoms with Gasteiger partial charge < -0.3 is 60.2 Å². The van der Waals surface area contributed by atoms with E-state index in [4.69, 9.17) is 79.8 Å². The highest BCUT2D eigenvalue weighted by Crippen LogP contribution is 2.68. The van der Waals surface area contributed by atoms with Crippen LogP contribution in [0.5, 0.6) is 0 Å². The number of aromatic amines is 2. The number of imidazole rings is 2. The zero-order chi connectivity index (χ0) is 53.5. The lowest BCUT2D eigenvalue weighted by Crippen LogP contribution is -2.51. The van der Waals surface area contributed by atoms with Crippen molar-refractivity contribution in [3.63, 3.8) is 0 Å². The topological polar surface area (TPSA) is 308 Å². The number of fused-ring (bicyclic) bond motifs is 7. The molecule has 2 saturated heterocycles. The minimum absolute atomic E-state index is 0.0104. The molecule has 0 aromatic carbocycles. The van der Waals surface area contributed by atoms with Crippen LogP contribution in [-0.2, 0) is 48.5 Å². The van der Waals surface area contributed by atoms with Gasteiger partial charge in [-0.1, -0.05) is 90.0 Å². The highest BCUT2D eigenvalue weighted by atomic mass is 32.5. The number of allylic oxidation sites excluding steroid dienone is 1. The van der Waals surface area contributed by atoms with Crippen molar-refractivity contribution in [2.45, 2.75) is 160 Å². The van der Waals surface area contributed by atoms with Crippen molar-refractivity contribution in [2.75, 3.05) is 31.8 Å². The Morgan fingerprint density at radius 1 is 0.840 bits per heavy atom. The highest BCUT2D eigenvalue weighted by Gasteiger charge is 2.60. The molecule has 4 aromatic rings. The summed E-state index contributed by atoms with van der Waals surface area (Å²) in [5, 5.41) is 34.3. The van der Waals surface area contributed by atoms with E-state index in [1.807, 2.05) is 0 Å². The fourth-order valence-corrected chi connectivity index (χ4v) is 17.2. The number of nitrogens with two attached hydrogens (primary N) is 2. The predicted molar refractivity (Wildman–Crippen MR) is 286 cm³/mol. The molecule has 3 saturated carbocycles. The summed E-state index contributed by atoms with van der Waals surface area (Å²) in [5.74, 6) is 4.15. The van der Waals surface area contributed by atoms with Gasteiger partial charge in [0, 0.05) is 7.11 Å². The van der Waals surface area contributed by atoms with Crippen LogP contribution in [0.3, 0.4) is 0 Å². The maximum atomic E-state index is 14.0. The molecule has 4 aliphatic carbocycles. The summed E-state index contributed by atoms with van der Waals surface area (Å²) >= 11 is 16.6. The normalized spacial score (nSPS) is 36.8. The van der Waals surface area contributed by atoms with E-state index in [1.54, 1.807) is 0 Å². The highest BCUT2D eigenvalue weighted by molar-refractivity contribution is 8.07. The van der Waals surface area contributed by atoms with Gasteiger partial charge in [-0.15, -0.1) is 0 Å². The Balaban J connectivity index is 0.815. The Morgan fingerprint density at radius 2 is 1.47 bits per heavy atom. The number of rotatable bonds is 18. The Morgan fingerprint density at radius 3 is 2.11 bits per heavy atom. The first kappa shape index (κ1) is 55.6. The van der Waals surface area contributed by atoms with Crippen molar-refractivity contribution in [1.82, 2.24) is 39.0 Å². The maximum Gasteiger partial charge on any atom is 0.472 e. The molecule has 6 aliphatic rings. The van der Waals surface area contributed by atoms with Gasteiger partial charge in [0.25, 0.3) is 0 Å². The Bertz CT molecular complexity index is 3020. The number of ether oxygens (including phenoxy) is 2. The molecule has 0 spiro atoms. The van der Waals surface area contributed by atoms with E-state index in [1.165, 1.54) is 79.4 Å². The van der Waals surface area contributed by atoms with Gasteiger partial charge in [-0.2, -0.15) is 9.97 Å². The van der Waals surface area contributed by atoms with E-state index < -0.39 is 82.9 Å². The van der Waals surface area contributed by atoms with Gasteiger partial charge in [-0.05, 0) is 110 Å². The molecule has 6 unspecified atom stereocenters. The van der Waals surface area contributed by atoms with Crippen LogP contribution in [0, 0.1) is 55.6 Å². The fourth-order valence-electron chi connectivity index (χ4n) is 14.1. The number of aromatic nitrogens is 8. The molecule has 75 heavy (non-hydrogen) atoms. The standard InChI is InChI=1S/C48H72N10O12P2S3/c1-23(2)8-7-9-24(3)28-12-13-29-27-11-10-25-18-26(14-16-47(25,4)30(27)15-17-48(28,29)5)69-71(62,63)65-20-32-38(37(61)44(68-32)58-22-52-34-40(58)54-46(50)56-42(34)74)70-72(75,64-6)66-19-31-35(59)36(60)43(67-31)57-21-51-33-39(57)53-45(49)55-41(33)73/h10,21-24,26-32,35-38,43-44,59-61H,7-9,11-20H2,1-6H3,(H,62,63)(H3,49,53,55,73)(H3,50,54,56,74)/t24-,26+,27+,28-,29+,30+,31-,32-,35?,36?,37?,38?,43-,44-,47+,48-,72?/m1/s1. The smallest absolute Gasteiger partial charge is 0.387 e. The van der Waals surface area contributed by atoms with E-state index in [2.05, 4.69) is 70.6 Å². The monoisotopic (exact) mass is 1140 g/mol. The van der Waals surface area contributed by atoms with Crippen molar-refractivity contribution in [1.29, 1.82) is 0 Å². The molecule has 6 heterocycles. The molecule has 18 atom stereocenters. The van der Waals surface area contributed by atoms with Crippen molar-refractivity contribution in [2.24, 2.45) is 46.3 Å². The van der Waals surface area contributed by atoms with E-state index in [-0.39, 0.29) is 43.4 Å². The van der Waals surface area contributed by atoms with E-state index in [0.717, 1.165) is 30.6 Å². The molecule has 27 heteroatoms. The second kappa shape index (κ2) is 21.4. The number of phosphoric ester groups is 1. The van der Waals surface area contributed by atoms with Crippen molar-refractivity contribution in [3.05, 3.63) is 33.6 Å². The van der Waals surface area contributed by atoms with Gasteiger partial charge in [0.15, 0.2) is 23.8 Å². The number of phosphoric acid groups is 1. The summed E-state index contributed by atoms with van der Waals surface area (Å²) in [6.45, 7) is 7.16. The van der Waals surface area contributed by atoms with Gasteiger partial charge in [0.2, 0.25) is 11.9 Å². The summed E-state index contributed by atoms with van der Waals surface area (Å²) in [4.78, 5) is 34.1. The summed E-state index contributed by atoms with van der Waals surface area (Å²) in [5.41, 5.74) is 14.5. The summed E-state index contributed by atoms with van der Waals surface area (Å²) in [7, 11) is -3.53. The van der Waals surface area contributed by atoms with Crippen molar-refractivity contribution < 1.29 is 56.9 Å². The largest absolute Gasteiger partial charge is 0.472 e. The van der Waals surface area contributed by atoms with Gasteiger partial charge in [0.05, 0.1) is 32.0 Å². The van der Waals surface area contributed by atoms with Gasteiger partial charge in [-0.3, -0.25) is 22.7 Å². The van der Waals surface area contributed by atoms with Gasteiger partial charge >= 0.3 is 14.5 Å². The molecular formula is C48H72N10O12P2S3. The predicted octanol–water partition coefficient (Wildman–Crippen LogP) is 7.85. The molecule has 22 nitrogen and oxygen atoms in total. The number of nitrogens with one attached hydrogen (secondary N) is 2. The van der Waals surface area contributed by atoms with Crippen molar-refractivity contribution >= 4 is 85.0 Å². The number of aliphatic hydroxyl groups is 3. The molecule has 10 rings (SSSR count). The van der Waals surface area contributed by atoms with Crippen LogP contribution in [0.15, 0.2) is 24.3 Å². The first-order valence-electron chi connectivity index (χ1n) is 26.2. The molecule has 0 radical (unpaired) electrons. The van der Waals surface area contributed by atoms with Crippen LogP contribution < -0.4 is 11.5 Å². The Hall–Kier alpha value is -2.68. The number of anilines is 2. The van der Waals surface area contributed by atoms with Crippen molar-refractivity contribution in [3.8, 4) is 0 Å². The molecule has 0 amide bonds. The van der Waals surface area contributed by atoms with Crippen LogP contribution >= 0.6 is 39.0 Å². The van der Waals surface area contributed by atoms with E-state index in [9.17, 15) is 24.8 Å². The van der Waals surface area contributed by atoms with E-state index in [0.29, 0.717) is 41.5 Å². The van der Waals surface area contributed by atoms with Crippen LogP contribution in [0.1, 0.15) is 118 Å². The van der Waals surface area contributed by atoms with Crippen LogP contribution in [0.4, 0.5) is 11.9 Å². The number of aliphatic hydroxyl groups excluding tert-OH is 3. The third kappa shape index (κ3) is 10.5. The average Bonchev–Trinajstić information content (AvgIpc) is 4.19. The lowest BCUT2D eigenvalue weighted by Gasteiger charge is -2.58. The molecular weight excluding hydrogens is 1070 g/mol. The molecule has 4 aromatic heterocycles. The van der Waals surface area contributed by atoms with Gasteiger partial charge in [0.1, 0.15) is 56.9 Å². The minimum atomic E-state index is -4.77. The minimum Gasteiger partial charge on any atom is -0.387 e. The average molecular weight is 1140 g/mol. The SMILES string of the molecule is COP(=S)(OC[C@H]1O[C@@H](n2cnc3c(=S)[nH]c(N)nc32)C(O)C1O)OC1C(O)[C@H](n2cnc3c(=S)[nH]c(N)nc32)O[C@@H]1COP(=O)(O)O[C@H]1CC[C@@]2(C)C(=CC[C@H]3[C@@H]4CC[C@H]([C@H](C)CCCC(C)C)[C@@]4(C)CC[C@@H]32)C1. The molecule has 10 N–H and O–H groups in total. The van der Waals surface area contributed by atoms with E-state index >= 15 is 0 Å². The number of hydrogen-bond acceptors (Lipinski definition) is 20. The zero-order valence-corrected chi connectivity index (χ0v) is 47.3. The third-order valence-electron chi connectivity index (χ3n) is 17.9. The second-order valence-electron chi connectivity index (χ2n) is 22.7.